The Balaban J connectivity index is 2.79. The maximum absolute atomic E-state index is 12.7. The Morgan fingerprint density at radius 1 is 1.27 bits per heavy atom. The monoisotopic (exact) mass is 212 g/mol. The van der Waals surface area contributed by atoms with Crippen LogP contribution in [0.25, 0.3) is 0 Å². The lowest BCUT2D eigenvalue weighted by Crippen LogP contribution is -2.24. The number of halogens is 1. The van der Waals surface area contributed by atoms with E-state index in [9.17, 15) is 9.50 Å². The number of rotatable bonds is 3. The lowest BCUT2D eigenvalue weighted by atomic mass is 10.1. The average Bonchev–Trinajstić information content (AvgIpc) is 2.14. The van der Waals surface area contributed by atoms with Crippen molar-refractivity contribution in [2.75, 3.05) is 6.61 Å². The normalized spacial score (nSPS) is 13.9. The molecule has 1 aromatic rings. The molecule has 0 saturated carbocycles. The SMILES string of the molecule is CC(C)(C)OC(CO)c1ccc(F)cc1. The zero-order chi connectivity index (χ0) is 11.5. The highest BCUT2D eigenvalue weighted by atomic mass is 19.1. The van der Waals surface area contributed by atoms with Crippen LogP contribution in [0.5, 0.6) is 0 Å². The van der Waals surface area contributed by atoms with Crippen molar-refractivity contribution >= 4 is 0 Å². The molecule has 0 heterocycles. The second-order valence-corrected chi connectivity index (χ2v) is 4.45. The Labute approximate surface area is 89.7 Å². The average molecular weight is 212 g/mol. The standard InChI is InChI=1S/C12H17FO2/c1-12(2,3)15-11(8-14)9-4-6-10(13)7-5-9/h4-7,11,14H,8H2,1-3H3. The van der Waals surface area contributed by atoms with Gasteiger partial charge in [-0.3, -0.25) is 0 Å². The lowest BCUT2D eigenvalue weighted by Gasteiger charge is -2.26. The van der Waals surface area contributed by atoms with E-state index in [0.29, 0.717) is 0 Å². The van der Waals surface area contributed by atoms with Crippen molar-refractivity contribution in [1.29, 1.82) is 0 Å². The fourth-order valence-corrected chi connectivity index (χ4v) is 1.31. The second-order valence-electron chi connectivity index (χ2n) is 4.45. The zero-order valence-corrected chi connectivity index (χ0v) is 9.33. The van der Waals surface area contributed by atoms with Crippen molar-refractivity contribution in [3.05, 3.63) is 35.6 Å². The first-order valence-corrected chi connectivity index (χ1v) is 4.96. The molecule has 0 aliphatic heterocycles. The summed E-state index contributed by atoms with van der Waals surface area (Å²) in [7, 11) is 0. The molecule has 0 aromatic heterocycles. The minimum absolute atomic E-state index is 0.108. The summed E-state index contributed by atoms with van der Waals surface area (Å²) in [6, 6.07) is 5.98. The summed E-state index contributed by atoms with van der Waals surface area (Å²) in [6.45, 7) is 5.64. The third-order valence-corrected chi connectivity index (χ3v) is 1.90. The largest absolute Gasteiger partial charge is 0.393 e. The van der Waals surface area contributed by atoms with Crippen LogP contribution in [-0.2, 0) is 4.74 Å². The van der Waals surface area contributed by atoms with E-state index in [2.05, 4.69) is 0 Å². The molecule has 0 bridgehead atoms. The fraction of sp³-hybridized carbons (Fsp3) is 0.500. The van der Waals surface area contributed by atoms with Gasteiger partial charge in [-0.1, -0.05) is 12.1 Å². The van der Waals surface area contributed by atoms with Crippen LogP contribution in [0.15, 0.2) is 24.3 Å². The third kappa shape index (κ3) is 3.98. The van der Waals surface area contributed by atoms with Crippen molar-refractivity contribution in [3.8, 4) is 0 Å². The molecule has 0 fully saturated rings. The number of aliphatic hydroxyl groups is 1. The van der Waals surface area contributed by atoms with E-state index in [1.165, 1.54) is 12.1 Å². The molecular weight excluding hydrogens is 195 g/mol. The molecule has 0 amide bonds. The van der Waals surface area contributed by atoms with Gasteiger partial charge >= 0.3 is 0 Å². The van der Waals surface area contributed by atoms with Gasteiger partial charge in [-0.05, 0) is 38.5 Å². The van der Waals surface area contributed by atoms with Crippen LogP contribution in [0.2, 0.25) is 0 Å². The summed E-state index contributed by atoms with van der Waals surface area (Å²) in [5, 5.41) is 9.19. The van der Waals surface area contributed by atoms with Gasteiger partial charge in [0.25, 0.3) is 0 Å². The fourth-order valence-electron chi connectivity index (χ4n) is 1.31. The number of benzene rings is 1. The maximum atomic E-state index is 12.7. The molecule has 1 atom stereocenters. The zero-order valence-electron chi connectivity index (χ0n) is 9.33. The van der Waals surface area contributed by atoms with Gasteiger partial charge in [-0.25, -0.2) is 4.39 Å². The Morgan fingerprint density at radius 2 is 1.80 bits per heavy atom. The van der Waals surface area contributed by atoms with E-state index in [0.717, 1.165) is 5.56 Å². The van der Waals surface area contributed by atoms with E-state index in [4.69, 9.17) is 4.74 Å². The number of ether oxygens (including phenoxy) is 1. The molecule has 0 saturated heterocycles. The maximum Gasteiger partial charge on any atom is 0.123 e. The number of hydrogen-bond donors (Lipinski definition) is 1. The van der Waals surface area contributed by atoms with Crippen LogP contribution in [0.1, 0.15) is 32.4 Å². The number of aliphatic hydroxyl groups excluding tert-OH is 1. The molecule has 2 nitrogen and oxygen atoms in total. The van der Waals surface area contributed by atoms with Gasteiger partial charge in [0.15, 0.2) is 0 Å². The van der Waals surface area contributed by atoms with Gasteiger partial charge < -0.3 is 9.84 Å². The van der Waals surface area contributed by atoms with Crippen LogP contribution in [0.3, 0.4) is 0 Å². The second kappa shape index (κ2) is 4.73. The summed E-state index contributed by atoms with van der Waals surface area (Å²) in [4.78, 5) is 0. The van der Waals surface area contributed by atoms with Crippen molar-refractivity contribution in [3.63, 3.8) is 0 Å². The van der Waals surface area contributed by atoms with Crippen LogP contribution in [0.4, 0.5) is 4.39 Å². The van der Waals surface area contributed by atoms with Gasteiger partial charge in [0.1, 0.15) is 11.9 Å². The van der Waals surface area contributed by atoms with Gasteiger partial charge in [0, 0.05) is 0 Å². The third-order valence-electron chi connectivity index (χ3n) is 1.90. The predicted molar refractivity (Wildman–Crippen MR) is 57.1 cm³/mol. The van der Waals surface area contributed by atoms with Crippen molar-refractivity contribution in [1.82, 2.24) is 0 Å². The van der Waals surface area contributed by atoms with Crippen LogP contribution >= 0.6 is 0 Å². The summed E-state index contributed by atoms with van der Waals surface area (Å²) in [5.74, 6) is -0.286. The highest BCUT2D eigenvalue weighted by Gasteiger charge is 2.19. The molecule has 84 valence electrons. The highest BCUT2D eigenvalue weighted by Crippen LogP contribution is 2.23. The Kier molecular flexibility index (Phi) is 3.83. The summed E-state index contributed by atoms with van der Waals surface area (Å²) >= 11 is 0. The van der Waals surface area contributed by atoms with Gasteiger partial charge in [-0.15, -0.1) is 0 Å². The molecule has 0 spiro atoms. The van der Waals surface area contributed by atoms with Gasteiger partial charge in [0.05, 0.1) is 12.2 Å². The topological polar surface area (TPSA) is 29.5 Å². The molecular formula is C12H17FO2. The van der Waals surface area contributed by atoms with E-state index >= 15 is 0 Å². The molecule has 1 rings (SSSR count). The molecule has 0 radical (unpaired) electrons. The Hall–Kier alpha value is -0.930. The molecule has 15 heavy (non-hydrogen) atoms. The van der Waals surface area contributed by atoms with Crippen molar-refractivity contribution in [2.45, 2.75) is 32.5 Å². The van der Waals surface area contributed by atoms with E-state index in [-0.39, 0.29) is 18.0 Å². The summed E-state index contributed by atoms with van der Waals surface area (Å²) in [5.41, 5.74) is 0.454. The predicted octanol–water partition coefficient (Wildman–Crippen LogP) is 2.67. The van der Waals surface area contributed by atoms with E-state index in [1.807, 2.05) is 20.8 Å². The number of hydrogen-bond acceptors (Lipinski definition) is 2. The summed E-state index contributed by atoms with van der Waals surface area (Å²) < 4.78 is 18.3. The van der Waals surface area contributed by atoms with Crippen LogP contribution in [0, 0.1) is 5.82 Å². The van der Waals surface area contributed by atoms with Crippen LogP contribution < -0.4 is 0 Å². The van der Waals surface area contributed by atoms with E-state index in [1.54, 1.807) is 12.1 Å². The first-order valence-electron chi connectivity index (χ1n) is 4.96. The Morgan fingerprint density at radius 3 is 2.20 bits per heavy atom. The minimum atomic E-state index is -0.398. The lowest BCUT2D eigenvalue weighted by molar-refractivity contribution is -0.0822. The minimum Gasteiger partial charge on any atom is -0.393 e. The molecule has 1 aromatic carbocycles. The van der Waals surface area contributed by atoms with Crippen LogP contribution in [-0.4, -0.2) is 17.3 Å². The van der Waals surface area contributed by atoms with Gasteiger partial charge in [-0.2, -0.15) is 0 Å². The highest BCUT2D eigenvalue weighted by molar-refractivity contribution is 5.18. The summed E-state index contributed by atoms with van der Waals surface area (Å²) in [6.07, 6.45) is -0.398. The first kappa shape index (κ1) is 12.1. The first-order chi connectivity index (χ1) is 6.92. The van der Waals surface area contributed by atoms with E-state index < -0.39 is 6.10 Å². The Bertz CT molecular complexity index is 300. The molecule has 1 unspecified atom stereocenters. The molecule has 1 N–H and O–H groups in total. The van der Waals surface area contributed by atoms with Crippen molar-refractivity contribution in [2.24, 2.45) is 0 Å². The molecule has 0 aliphatic rings. The molecule has 0 aliphatic carbocycles. The van der Waals surface area contributed by atoms with Gasteiger partial charge in [0.2, 0.25) is 0 Å². The quantitative estimate of drug-likeness (QED) is 0.834. The molecule has 3 heteroatoms. The smallest absolute Gasteiger partial charge is 0.123 e. The van der Waals surface area contributed by atoms with Crippen molar-refractivity contribution < 1.29 is 14.2 Å².